The fourth-order valence-electron chi connectivity index (χ4n) is 2.52. The van der Waals surface area contributed by atoms with E-state index in [4.69, 9.17) is 9.84 Å². The molecule has 1 saturated heterocycles. The molecule has 130 valence electrons. The number of nitrogens with zero attached hydrogens (tertiary/aromatic N) is 1. The van der Waals surface area contributed by atoms with Crippen LogP contribution in [0.15, 0.2) is 28.7 Å². The molecule has 0 aliphatic carbocycles. The van der Waals surface area contributed by atoms with Crippen molar-refractivity contribution in [3.05, 3.63) is 34.3 Å². The summed E-state index contributed by atoms with van der Waals surface area (Å²) in [7, 11) is 0. The van der Waals surface area contributed by atoms with Gasteiger partial charge < -0.3 is 20.1 Å². The van der Waals surface area contributed by atoms with Crippen molar-refractivity contribution < 1.29 is 24.2 Å². The number of hydrogen-bond acceptors (Lipinski definition) is 4. The highest BCUT2D eigenvalue weighted by atomic mass is 79.9. The minimum Gasteiger partial charge on any atom is -0.479 e. The predicted octanol–water partition coefficient (Wildman–Crippen LogP) is 1.33. The van der Waals surface area contributed by atoms with E-state index in [1.165, 1.54) is 11.8 Å². The summed E-state index contributed by atoms with van der Waals surface area (Å²) < 4.78 is 6.02. The normalized spacial score (nSPS) is 18.8. The van der Waals surface area contributed by atoms with Crippen molar-refractivity contribution >= 4 is 33.7 Å². The molecule has 2 atom stereocenters. The second-order valence-corrected chi connectivity index (χ2v) is 6.46. The number of carboxylic acid groups (broad SMARTS) is 1. The molecule has 1 aromatic rings. The van der Waals surface area contributed by atoms with Gasteiger partial charge in [-0.1, -0.05) is 28.1 Å². The van der Waals surface area contributed by atoms with Crippen LogP contribution in [0.2, 0.25) is 0 Å². The monoisotopic (exact) mass is 398 g/mol. The number of ether oxygens (including phenoxy) is 1. The van der Waals surface area contributed by atoms with E-state index in [-0.39, 0.29) is 31.4 Å². The summed E-state index contributed by atoms with van der Waals surface area (Å²) in [5.41, 5.74) is 0.810. The fraction of sp³-hybridized carbons (Fsp3) is 0.438. The highest BCUT2D eigenvalue weighted by Crippen LogP contribution is 2.21. The summed E-state index contributed by atoms with van der Waals surface area (Å²) >= 11 is 3.35. The molecule has 2 amide bonds. The number of amides is 2. The number of carboxylic acids is 1. The van der Waals surface area contributed by atoms with Crippen molar-refractivity contribution in [1.29, 1.82) is 0 Å². The first-order valence-corrected chi connectivity index (χ1v) is 8.31. The molecule has 0 radical (unpaired) electrons. The van der Waals surface area contributed by atoms with Gasteiger partial charge in [-0.15, -0.1) is 0 Å². The van der Waals surface area contributed by atoms with Crippen LogP contribution in [0.4, 0.5) is 0 Å². The van der Waals surface area contributed by atoms with Crippen LogP contribution in [0.1, 0.15) is 24.9 Å². The number of carbonyl (C=O) groups excluding carboxylic acids is 2. The van der Waals surface area contributed by atoms with E-state index >= 15 is 0 Å². The van der Waals surface area contributed by atoms with Gasteiger partial charge >= 0.3 is 5.97 Å². The lowest BCUT2D eigenvalue weighted by molar-refractivity contribution is -0.159. The van der Waals surface area contributed by atoms with Crippen LogP contribution < -0.4 is 5.32 Å². The smallest absolute Gasteiger partial charge is 0.334 e. The van der Waals surface area contributed by atoms with E-state index in [1.54, 1.807) is 0 Å². The number of nitrogens with one attached hydrogen (secondary N) is 1. The molecule has 8 heteroatoms. The number of halogens is 1. The second-order valence-electron chi connectivity index (χ2n) is 5.55. The minimum absolute atomic E-state index is 0.0152. The summed E-state index contributed by atoms with van der Waals surface area (Å²) in [5, 5.41) is 11.8. The molecule has 1 aliphatic rings. The Morgan fingerprint density at radius 2 is 2.04 bits per heavy atom. The Kier molecular flexibility index (Phi) is 6.33. The summed E-state index contributed by atoms with van der Waals surface area (Å²) in [6, 6.07) is 6.87. The lowest BCUT2D eigenvalue weighted by atomic mass is 10.0. The van der Waals surface area contributed by atoms with Gasteiger partial charge in [-0.3, -0.25) is 9.59 Å². The molecular formula is C16H19BrN2O5. The Balaban J connectivity index is 2.08. The number of carbonyl (C=O) groups is 3. The Hall–Kier alpha value is -1.93. The first-order valence-electron chi connectivity index (χ1n) is 7.51. The van der Waals surface area contributed by atoms with E-state index in [2.05, 4.69) is 21.2 Å². The fourth-order valence-corrected chi connectivity index (χ4v) is 2.79. The number of rotatable bonds is 5. The molecule has 0 saturated carbocycles. The van der Waals surface area contributed by atoms with Gasteiger partial charge in [-0.25, -0.2) is 4.79 Å². The average molecular weight is 399 g/mol. The maximum atomic E-state index is 12.5. The van der Waals surface area contributed by atoms with Crippen molar-refractivity contribution in [1.82, 2.24) is 10.2 Å². The lowest BCUT2D eigenvalue weighted by Gasteiger charge is -2.32. The highest BCUT2D eigenvalue weighted by molar-refractivity contribution is 9.10. The Bertz CT molecular complexity index is 619. The van der Waals surface area contributed by atoms with E-state index in [9.17, 15) is 14.4 Å². The molecule has 2 rings (SSSR count). The number of morpholine rings is 1. The molecule has 24 heavy (non-hydrogen) atoms. The van der Waals surface area contributed by atoms with Gasteiger partial charge in [0.15, 0.2) is 6.10 Å². The molecule has 0 unspecified atom stereocenters. The van der Waals surface area contributed by atoms with Crippen LogP contribution in [0.25, 0.3) is 0 Å². The third kappa shape index (κ3) is 5.04. The van der Waals surface area contributed by atoms with Crippen LogP contribution in [0, 0.1) is 0 Å². The number of benzene rings is 1. The molecule has 1 aliphatic heterocycles. The van der Waals surface area contributed by atoms with E-state index in [0.29, 0.717) is 6.54 Å². The maximum Gasteiger partial charge on any atom is 0.334 e. The van der Waals surface area contributed by atoms with Crippen molar-refractivity contribution in [2.24, 2.45) is 0 Å². The Morgan fingerprint density at radius 3 is 2.62 bits per heavy atom. The van der Waals surface area contributed by atoms with Crippen LogP contribution in [-0.2, 0) is 19.1 Å². The Labute approximate surface area is 148 Å². The zero-order chi connectivity index (χ0) is 17.7. The maximum absolute atomic E-state index is 12.5. The van der Waals surface area contributed by atoms with Gasteiger partial charge in [0.1, 0.15) is 0 Å². The zero-order valence-electron chi connectivity index (χ0n) is 13.2. The molecule has 1 fully saturated rings. The van der Waals surface area contributed by atoms with E-state index in [1.807, 2.05) is 24.3 Å². The van der Waals surface area contributed by atoms with E-state index in [0.717, 1.165) is 10.0 Å². The SMILES string of the molecule is CC(=O)N[C@H](CC(=O)N1CCO[C@H](C(=O)O)C1)c1ccc(Br)cc1. The summed E-state index contributed by atoms with van der Waals surface area (Å²) in [4.78, 5) is 36.5. The topological polar surface area (TPSA) is 95.9 Å². The minimum atomic E-state index is -1.08. The van der Waals surface area contributed by atoms with Crippen molar-refractivity contribution in [2.45, 2.75) is 25.5 Å². The third-order valence-corrected chi connectivity index (χ3v) is 4.25. The molecular weight excluding hydrogens is 380 g/mol. The van der Waals surface area contributed by atoms with Gasteiger partial charge in [0.05, 0.1) is 25.6 Å². The van der Waals surface area contributed by atoms with Crippen LogP contribution in [-0.4, -0.2) is 53.6 Å². The molecule has 0 bridgehead atoms. The van der Waals surface area contributed by atoms with Crippen molar-refractivity contribution in [3.8, 4) is 0 Å². The van der Waals surface area contributed by atoms with Crippen LogP contribution in [0.5, 0.6) is 0 Å². The first kappa shape index (κ1) is 18.4. The van der Waals surface area contributed by atoms with Gasteiger partial charge in [0.2, 0.25) is 11.8 Å². The first-order chi connectivity index (χ1) is 11.4. The molecule has 1 heterocycles. The van der Waals surface area contributed by atoms with Crippen molar-refractivity contribution in [2.75, 3.05) is 19.7 Å². The lowest BCUT2D eigenvalue weighted by Crippen LogP contribution is -2.49. The Morgan fingerprint density at radius 1 is 1.38 bits per heavy atom. The third-order valence-electron chi connectivity index (χ3n) is 3.72. The van der Waals surface area contributed by atoms with Gasteiger partial charge in [0.25, 0.3) is 0 Å². The molecule has 0 spiro atoms. The number of aliphatic carboxylic acids is 1. The van der Waals surface area contributed by atoms with Crippen LogP contribution in [0.3, 0.4) is 0 Å². The molecule has 7 nitrogen and oxygen atoms in total. The van der Waals surface area contributed by atoms with Gasteiger partial charge in [-0.2, -0.15) is 0 Å². The van der Waals surface area contributed by atoms with Gasteiger partial charge in [0, 0.05) is 17.9 Å². The quantitative estimate of drug-likeness (QED) is 0.779. The average Bonchev–Trinajstić information content (AvgIpc) is 2.54. The van der Waals surface area contributed by atoms with Crippen LogP contribution >= 0.6 is 15.9 Å². The van der Waals surface area contributed by atoms with Gasteiger partial charge in [-0.05, 0) is 17.7 Å². The summed E-state index contributed by atoms with van der Waals surface area (Å²) in [6.45, 7) is 1.94. The molecule has 2 N–H and O–H groups in total. The molecule has 0 aromatic heterocycles. The highest BCUT2D eigenvalue weighted by Gasteiger charge is 2.30. The largest absolute Gasteiger partial charge is 0.479 e. The second kappa shape index (κ2) is 8.25. The standard InChI is InChI=1S/C16H19BrN2O5/c1-10(20)18-13(11-2-4-12(17)5-3-11)8-15(21)19-6-7-24-14(9-19)16(22)23/h2-5,13-14H,6-9H2,1H3,(H,18,20)(H,22,23)/t13-,14+/m1/s1. The van der Waals surface area contributed by atoms with E-state index < -0.39 is 18.1 Å². The summed E-state index contributed by atoms with van der Waals surface area (Å²) in [5.74, 6) is -1.54. The predicted molar refractivity (Wildman–Crippen MR) is 89.3 cm³/mol. The summed E-state index contributed by atoms with van der Waals surface area (Å²) in [6.07, 6.45) is -0.942. The zero-order valence-corrected chi connectivity index (χ0v) is 14.8. The molecule has 1 aromatic carbocycles. The number of hydrogen-bond donors (Lipinski definition) is 2. The van der Waals surface area contributed by atoms with Crippen molar-refractivity contribution in [3.63, 3.8) is 0 Å².